The molecule has 0 aromatic rings. The summed E-state index contributed by atoms with van der Waals surface area (Å²) in [5.41, 5.74) is -0.143. The number of nitrogens with zero attached hydrogens (tertiary/aromatic N) is 1. The van der Waals surface area contributed by atoms with Crippen molar-refractivity contribution in [3.63, 3.8) is 0 Å². The van der Waals surface area contributed by atoms with Gasteiger partial charge in [0.15, 0.2) is 0 Å². The lowest BCUT2D eigenvalue weighted by Gasteiger charge is -2.30. The van der Waals surface area contributed by atoms with Gasteiger partial charge in [-0.3, -0.25) is 4.79 Å². The van der Waals surface area contributed by atoms with Crippen LogP contribution in [-0.2, 0) is 9.59 Å². The van der Waals surface area contributed by atoms with Crippen molar-refractivity contribution in [3.05, 3.63) is 0 Å². The normalized spacial score (nSPS) is 28.2. The smallest absolute Gasteiger partial charge is 0.223 e. The van der Waals surface area contributed by atoms with E-state index in [1.165, 1.54) is 0 Å². The summed E-state index contributed by atoms with van der Waals surface area (Å²) < 4.78 is 0. The molecule has 3 heteroatoms. The first-order valence-corrected chi connectivity index (χ1v) is 6.34. The Bertz CT molecular complexity index is 315. The minimum Gasteiger partial charge on any atom is -0.332 e. The maximum absolute atomic E-state index is 12.2. The second kappa shape index (κ2) is 4.43. The first-order valence-electron chi connectivity index (χ1n) is 6.34. The van der Waals surface area contributed by atoms with Gasteiger partial charge in [0.25, 0.3) is 0 Å². The summed E-state index contributed by atoms with van der Waals surface area (Å²) in [6, 6.07) is -0.271. The van der Waals surface area contributed by atoms with Crippen molar-refractivity contribution in [1.82, 2.24) is 4.90 Å². The van der Waals surface area contributed by atoms with Crippen LogP contribution in [0.4, 0.5) is 0 Å². The number of hydrogen-bond acceptors (Lipinski definition) is 2. The minimum absolute atomic E-state index is 0.0273. The van der Waals surface area contributed by atoms with Gasteiger partial charge in [0, 0.05) is 13.0 Å². The Balaban J connectivity index is 2.86. The summed E-state index contributed by atoms with van der Waals surface area (Å²) in [4.78, 5) is 25.3. The third kappa shape index (κ3) is 2.88. The van der Waals surface area contributed by atoms with Crippen molar-refractivity contribution in [1.29, 1.82) is 0 Å². The molecule has 1 aliphatic rings. The average molecular weight is 239 g/mol. The number of aldehydes is 1. The van der Waals surface area contributed by atoms with Crippen LogP contribution < -0.4 is 0 Å². The summed E-state index contributed by atoms with van der Waals surface area (Å²) in [6.45, 7) is 13.1. The fourth-order valence-corrected chi connectivity index (χ4v) is 2.40. The van der Waals surface area contributed by atoms with Crippen LogP contribution in [0.2, 0.25) is 0 Å². The Morgan fingerprint density at radius 1 is 1.41 bits per heavy atom. The van der Waals surface area contributed by atoms with Gasteiger partial charge in [-0.15, -0.1) is 0 Å². The van der Waals surface area contributed by atoms with Gasteiger partial charge < -0.3 is 9.69 Å². The lowest BCUT2D eigenvalue weighted by atomic mass is 9.78. The lowest BCUT2D eigenvalue weighted by molar-refractivity contribution is -0.137. The van der Waals surface area contributed by atoms with E-state index in [-0.39, 0.29) is 22.8 Å². The summed E-state index contributed by atoms with van der Waals surface area (Å²) in [5.74, 6) is 0.466. The fourth-order valence-electron chi connectivity index (χ4n) is 2.40. The Kier molecular flexibility index (Phi) is 3.70. The molecule has 0 radical (unpaired) electrons. The van der Waals surface area contributed by atoms with Crippen molar-refractivity contribution < 1.29 is 9.59 Å². The van der Waals surface area contributed by atoms with Crippen molar-refractivity contribution in [2.24, 2.45) is 16.7 Å². The van der Waals surface area contributed by atoms with E-state index in [0.29, 0.717) is 18.9 Å². The van der Waals surface area contributed by atoms with Crippen LogP contribution in [0.1, 0.15) is 48.0 Å². The molecule has 2 atom stereocenters. The molecule has 17 heavy (non-hydrogen) atoms. The topological polar surface area (TPSA) is 37.4 Å². The molecule has 1 fully saturated rings. The summed E-state index contributed by atoms with van der Waals surface area (Å²) in [5, 5.41) is 0. The molecule has 3 nitrogen and oxygen atoms in total. The van der Waals surface area contributed by atoms with Crippen LogP contribution >= 0.6 is 0 Å². The molecule has 0 unspecified atom stereocenters. The van der Waals surface area contributed by atoms with Crippen LogP contribution in [-0.4, -0.2) is 29.7 Å². The van der Waals surface area contributed by atoms with E-state index >= 15 is 0 Å². The maximum atomic E-state index is 12.2. The average Bonchev–Trinajstić information content (AvgIpc) is 2.35. The highest BCUT2D eigenvalue weighted by atomic mass is 16.2. The number of carbonyl (C=O) groups is 2. The molecule has 0 bridgehead atoms. The quantitative estimate of drug-likeness (QED) is 0.694. The monoisotopic (exact) mass is 239 g/mol. The van der Waals surface area contributed by atoms with Crippen LogP contribution in [0.3, 0.4) is 0 Å². The third-order valence-electron chi connectivity index (χ3n) is 3.97. The second-order valence-corrected chi connectivity index (χ2v) is 7.09. The number of carbonyl (C=O) groups excluding carboxylic acids is 2. The Morgan fingerprint density at radius 2 is 1.94 bits per heavy atom. The van der Waals surface area contributed by atoms with Gasteiger partial charge in [-0.2, -0.15) is 0 Å². The van der Waals surface area contributed by atoms with E-state index in [0.717, 1.165) is 6.29 Å². The molecule has 1 saturated heterocycles. The lowest BCUT2D eigenvalue weighted by Crippen LogP contribution is -2.43. The first kappa shape index (κ1) is 14.2. The molecule has 0 aromatic carbocycles. The van der Waals surface area contributed by atoms with Crippen LogP contribution in [0, 0.1) is 16.7 Å². The molecule has 1 heterocycles. The zero-order valence-electron chi connectivity index (χ0n) is 11.9. The first-order chi connectivity index (χ1) is 7.59. The predicted octanol–water partition coefficient (Wildman–Crippen LogP) is 2.49. The van der Waals surface area contributed by atoms with E-state index in [2.05, 4.69) is 20.8 Å². The molecular weight excluding hydrogens is 214 g/mol. The highest BCUT2D eigenvalue weighted by Crippen LogP contribution is 2.40. The minimum atomic E-state index is -0.271. The predicted molar refractivity (Wildman–Crippen MR) is 68.6 cm³/mol. The summed E-state index contributed by atoms with van der Waals surface area (Å²) in [6.07, 6.45) is 1.43. The fraction of sp³-hybridized carbons (Fsp3) is 0.857. The Labute approximate surface area is 105 Å². The largest absolute Gasteiger partial charge is 0.332 e. The van der Waals surface area contributed by atoms with Crippen molar-refractivity contribution in [2.75, 3.05) is 6.54 Å². The van der Waals surface area contributed by atoms with Crippen LogP contribution in [0.5, 0.6) is 0 Å². The Morgan fingerprint density at radius 3 is 2.35 bits per heavy atom. The van der Waals surface area contributed by atoms with E-state index in [4.69, 9.17) is 0 Å². The SMILES string of the molecule is C[C@@H]1CN(C(=O)CC(C)(C)C)[C@H](C=O)C1(C)C. The zero-order chi connectivity index (χ0) is 13.4. The van der Waals surface area contributed by atoms with Crippen LogP contribution in [0.25, 0.3) is 0 Å². The zero-order valence-corrected chi connectivity index (χ0v) is 11.9. The molecule has 0 saturated carbocycles. The molecular formula is C14H25NO2. The molecule has 0 spiro atoms. The molecule has 0 aromatic heterocycles. The molecule has 1 rings (SSSR count). The van der Waals surface area contributed by atoms with Gasteiger partial charge in [0.1, 0.15) is 6.29 Å². The highest BCUT2D eigenvalue weighted by Gasteiger charge is 2.47. The van der Waals surface area contributed by atoms with E-state index < -0.39 is 0 Å². The van der Waals surface area contributed by atoms with Gasteiger partial charge in [-0.05, 0) is 16.7 Å². The standard InChI is InChI=1S/C14H25NO2/c1-10-8-15(11(9-16)14(10,5)6)12(17)7-13(2,3)4/h9-11H,7-8H2,1-6H3/t10-,11-/m1/s1. The van der Waals surface area contributed by atoms with E-state index in [9.17, 15) is 9.59 Å². The maximum Gasteiger partial charge on any atom is 0.223 e. The number of hydrogen-bond donors (Lipinski definition) is 0. The van der Waals surface area contributed by atoms with Crippen LogP contribution in [0.15, 0.2) is 0 Å². The van der Waals surface area contributed by atoms with Crippen molar-refractivity contribution >= 4 is 12.2 Å². The molecule has 0 aliphatic carbocycles. The summed E-state index contributed by atoms with van der Waals surface area (Å²) in [7, 11) is 0. The molecule has 0 N–H and O–H groups in total. The van der Waals surface area contributed by atoms with E-state index in [1.807, 2.05) is 20.8 Å². The summed E-state index contributed by atoms with van der Waals surface area (Å²) >= 11 is 0. The second-order valence-electron chi connectivity index (χ2n) is 7.09. The number of amides is 1. The number of rotatable bonds is 2. The number of likely N-dealkylation sites (tertiary alicyclic amines) is 1. The highest BCUT2D eigenvalue weighted by molar-refractivity contribution is 5.81. The van der Waals surface area contributed by atoms with Gasteiger partial charge in [0.2, 0.25) is 5.91 Å². The van der Waals surface area contributed by atoms with Gasteiger partial charge in [0.05, 0.1) is 6.04 Å². The van der Waals surface area contributed by atoms with Crippen molar-refractivity contribution in [3.8, 4) is 0 Å². The third-order valence-corrected chi connectivity index (χ3v) is 3.97. The molecule has 1 amide bonds. The van der Waals surface area contributed by atoms with Gasteiger partial charge >= 0.3 is 0 Å². The van der Waals surface area contributed by atoms with Gasteiger partial charge in [-0.1, -0.05) is 41.5 Å². The van der Waals surface area contributed by atoms with Gasteiger partial charge in [-0.25, -0.2) is 0 Å². The Hall–Kier alpha value is -0.860. The van der Waals surface area contributed by atoms with Crippen molar-refractivity contribution in [2.45, 2.75) is 54.0 Å². The molecule has 98 valence electrons. The van der Waals surface area contributed by atoms with E-state index in [1.54, 1.807) is 4.90 Å². The molecule has 1 aliphatic heterocycles.